The van der Waals surface area contributed by atoms with Gasteiger partial charge in [0.05, 0.1) is 41.5 Å². The highest BCUT2D eigenvalue weighted by Crippen LogP contribution is 2.33. The van der Waals surface area contributed by atoms with E-state index >= 15 is 0 Å². The van der Waals surface area contributed by atoms with Crippen LogP contribution in [-0.2, 0) is 16.4 Å². The minimum Gasteiger partial charge on any atom is -0.495 e. The lowest BCUT2D eigenvalue weighted by atomic mass is 9.87. The van der Waals surface area contributed by atoms with E-state index in [-0.39, 0.29) is 17.1 Å². The number of nitrogens with one attached hydrogen (secondary N) is 2. The molecule has 0 radical (unpaired) electrons. The Hall–Kier alpha value is -3.40. The van der Waals surface area contributed by atoms with Gasteiger partial charge in [-0.25, -0.2) is 8.42 Å². The van der Waals surface area contributed by atoms with Crippen LogP contribution in [0.2, 0.25) is 0 Å². The van der Waals surface area contributed by atoms with Crippen molar-refractivity contribution >= 4 is 32.1 Å². The number of sulfone groups is 1. The normalized spacial score (nSPS) is 19.8. The summed E-state index contributed by atoms with van der Waals surface area (Å²) in [5.74, 6) is 5.97. The molecule has 39 heavy (non-hydrogen) atoms. The first kappa shape index (κ1) is 28.6. The molecular weight excluding hydrogens is 533 g/mol. The van der Waals surface area contributed by atoms with E-state index in [4.69, 9.17) is 10.5 Å². The number of alkyl halides is 3. The largest absolute Gasteiger partial charge is 0.495 e. The fourth-order valence-electron chi connectivity index (χ4n) is 4.75. The Bertz CT molecular complexity index is 1520. The molecule has 0 saturated heterocycles. The van der Waals surface area contributed by atoms with Crippen molar-refractivity contribution in [2.75, 3.05) is 30.5 Å². The second-order valence-corrected chi connectivity index (χ2v) is 11.7. The van der Waals surface area contributed by atoms with Gasteiger partial charge in [-0.05, 0) is 55.5 Å². The zero-order valence-corrected chi connectivity index (χ0v) is 22.4. The first-order chi connectivity index (χ1) is 18.3. The molecular formula is C27H31F3N4O4S. The predicted molar refractivity (Wildman–Crippen MR) is 144 cm³/mol. The molecule has 210 valence electrons. The Morgan fingerprint density at radius 2 is 1.97 bits per heavy atom. The number of hydrogen-bond acceptors (Lipinski definition) is 7. The van der Waals surface area contributed by atoms with Crippen LogP contribution in [0.5, 0.6) is 5.75 Å². The molecule has 1 heterocycles. The van der Waals surface area contributed by atoms with E-state index in [1.807, 2.05) is 0 Å². The Morgan fingerprint density at radius 3 is 2.64 bits per heavy atom. The molecule has 1 aliphatic carbocycles. The Balaban J connectivity index is 1.63. The lowest BCUT2D eigenvalue weighted by molar-refractivity contribution is -0.140. The van der Waals surface area contributed by atoms with Crippen LogP contribution in [0.4, 0.5) is 24.5 Å². The highest BCUT2D eigenvalue weighted by molar-refractivity contribution is 7.90. The number of ether oxygens (including phenoxy) is 1. The van der Waals surface area contributed by atoms with Gasteiger partial charge in [0.1, 0.15) is 18.0 Å². The quantitative estimate of drug-likeness (QED) is 0.252. The number of hydrogen-bond donors (Lipinski definition) is 4. The van der Waals surface area contributed by atoms with Crippen molar-refractivity contribution < 1.29 is 31.4 Å². The Labute approximate surface area is 225 Å². The maximum absolute atomic E-state index is 13.5. The standard InChI is InChI=1S/C27H31F3N4O4S/c1-38-24-16-19(39(2,36)37)11-12-22(24)32-14-6-7-18-15-20-21(33-25-10-3-4-13-26(25,31)35)8-5-9-23(20)34(18)17-27(28,29)30/h5,8-9,11-12,15-16,25,32-33,35H,3-4,10,13-14,17,31H2,1-2H3/t25-,26-/m1/s1. The van der Waals surface area contributed by atoms with Gasteiger partial charge in [0.25, 0.3) is 0 Å². The highest BCUT2D eigenvalue weighted by atomic mass is 32.2. The van der Waals surface area contributed by atoms with E-state index < -0.39 is 34.3 Å². The fourth-order valence-corrected chi connectivity index (χ4v) is 5.39. The average molecular weight is 565 g/mol. The van der Waals surface area contributed by atoms with Crippen LogP contribution >= 0.6 is 0 Å². The predicted octanol–water partition coefficient (Wildman–Crippen LogP) is 4.08. The van der Waals surface area contributed by atoms with E-state index in [0.717, 1.165) is 23.7 Å². The summed E-state index contributed by atoms with van der Waals surface area (Å²) in [6.45, 7) is -1.15. The lowest BCUT2D eigenvalue weighted by Gasteiger charge is -2.37. The first-order valence-corrected chi connectivity index (χ1v) is 14.3. The van der Waals surface area contributed by atoms with Crippen LogP contribution in [0.25, 0.3) is 10.9 Å². The molecule has 4 rings (SSSR count). The second kappa shape index (κ2) is 11.0. The summed E-state index contributed by atoms with van der Waals surface area (Å²) in [6, 6.07) is 10.5. The summed E-state index contributed by atoms with van der Waals surface area (Å²) in [5, 5.41) is 17.4. The maximum atomic E-state index is 13.5. The highest BCUT2D eigenvalue weighted by Gasteiger charge is 2.35. The van der Waals surface area contributed by atoms with Crippen molar-refractivity contribution in [1.29, 1.82) is 0 Å². The maximum Gasteiger partial charge on any atom is 0.406 e. The molecule has 8 nitrogen and oxygen atoms in total. The third kappa shape index (κ3) is 6.79. The van der Waals surface area contributed by atoms with Gasteiger partial charge in [-0.2, -0.15) is 13.2 Å². The number of aromatic nitrogens is 1. The number of anilines is 2. The topological polar surface area (TPSA) is 119 Å². The second-order valence-electron chi connectivity index (χ2n) is 9.69. The van der Waals surface area contributed by atoms with Gasteiger partial charge in [0.2, 0.25) is 0 Å². The Kier molecular flexibility index (Phi) is 8.07. The smallest absolute Gasteiger partial charge is 0.406 e. The number of halogens is 3. The molecule has 1 aliphatic rings. The molecule has 1 saturated carbocycles. The van der Waals surface area contributed by atoms with Crippen LogP contribution in [0.3, 0.4) is 0 Å². The molecule has 0 amide bonds. The van der Waals surface area contributed by atoms with Crippen LogP contribution in [0.15, 0.2) is 47.4 Å². The van der Waals surface area contributed by atoms with Crippen LogP contribution in [0, 0.1) is 11.8 Å². The zero-order valence-electron chi connectivity index (χ0n) is 21.6. The van der Waals surface area contributed by atoms with Gasteiger partial charge in [-0.3, -0.25) is 0 Å². The van der Waals surface area contributed by atoms with Gasteiger partial charge in [-0.1, -0.05) is 18.4 Å². The van der Waals surface area contributed by atoms with Crippen molar-refractivity contribution in [2.45, 2.75) is 55.1 Å². The average Bonchev–Trinajstić information content (AvgIpc) is 3.19. The van der Waals surface area contributed by atoms with Crippen molar-refractivity contribution in [3.05, 3.63) is 48.2 Å². The number of rotatable bonds is 7. The lowest BCUT2D eigenvalue weighted by Crippen LogP contribution is -2.56. The zero-order chi connectivity index (χ0) is 28.4. The third-order valence-corrected chi connectivity index (χ3v) is 7.83. The van der Waals surface area contributed by atoms with Crippen LogP contribution in [-0.4, -0.2) is 55.9 Å². The molecule has 0 unspecified atom stereocenters. The molecule has 2 atom stereocenters. The van der Waals surface area contributed by atoms with Crippen LogP contribution < -0.4 is 21.1 Å². The summed E-state index contributed by atoms with van der Waals surface area (Å²) in [7, 11) is -2.02. The first-order valence-electron chi connectivity index (χ1n) is 12.4. The van der Waals surface area contributed by atoms with E-state index in [1.165, 1.54) is 19.2 Å². The van der Waals surface area contributed by atoms with Crippen molar-refractivity contribution in [2.24, 2.45) is 5.73 Å². The van der Waals surface area contributed by atoms with Crippen molar-refractivity contribution in [3.63, 3.8) is 0 Å². The number of benzene rings is 2. The van der Waals surface area contributed by atoms with Gasteiger partial charge in [-0.15, -0.1) is 0 Å². The van der Waals surface area contributed by atoms with E-state index in [2.05, 4.69) is 22.5 Å². The van der Waals surface area contributed by atoms with Gasteiger partial charge in [0, 0.05) is 23.4 Å². The van der Waals surface area contributed by atoms with Crippen molar-refractivity contribution in [3.8, 4) is 17.6 Å². The number of nitrogens with zero attached hydrogens (tertiary/aromatic N) is 1. The summed E-state index contributed by atoms with van der Waals surface area (Å²) >= 11 is 0. The van der Waals surface area contributed by atoms with Gasteiger partial charge in [0.15, 0.2) is 9.84 Å². The van der Waals surface area contributed by atoms with Crippen molar-refractivity contribution in [1.82, 2.24) is 4.57 Å². The molecule has 1 aromatic heterocycles. The molecule has 0 aliphatic heterocycles. The summed E-state index contributed by atoms with van der Waals surface area (Å²) in [6.07, 6.45) is -0.625. The number of nitrogens with two attached hydrogens (primary N) is 1. The van der Waals surface area contributed by atoms with Crippen LogP contribution in [0.1, 0.15) is 31.4 Å². The molecule has 5 N–H and O–H groups in total. The molecule has 3 aromatic rings. The van der Waals surface area contributed by atoms with E-state index in [1.54, 1.807) is 30.3 Å². The van der Waals surface area contributed by atoms with E-state index in [0.29, 0.717) is 40.9 Å². The molecule has 12 heteroatoms. The van der Waals surface area contributed by atoms with Gasteiger partial charge < -0.3 is 30.8 Å². The monoisotopic (exact) mass is 564 g/mol. The third-order valence-electron chi connectivity index (χ3n) is 6.72. The summed E-state index contributed by atoms with van der Waals surface area (Å²) < 4.78 is 70.5. The Morgan fingerprint density at radius 1 is 1.21 bits per heavy atom. The molecule has 0 bridgehead atoms. The molecule has 0 spiro atoms. The van der Waals surface area contributed by atoms with E-state index in [9.17, 15) is 26.7 Å². The van der Waals surface area contributed by atoms with Gasteiger partial charge >= 0.3 is 6.18 Å². The number of fused-ring (bicyclic) bond motifs is 1. The summed E-state index contributed by atoms with van der Waals surface area (Å²) in [5.41, 5.74) is 6.25. The minimum atomic E-state index is -4.47. The molecule has 2 aromatic carbocycles. The molecule has 1 fully saturated rings. The summed E-state index contributed by atoms with van der Waals surface area (Å²) in [4.78, 5) is 0.0957. The fraction of sp³-hybridized carbons (Fsp3) is 0.407. The SMILES string of the molecule is COc1cc(S(C)(=O)=O)ccc1NCC#Cc1cc2c(N[C@@H]3CCCC[C@@]3(N)O)cccc2n1CC(F)(F)F. The number of methoxy groups -OCH3 is 1. The minimum absolute atomic E-state index is 0.0650. The number of aliphatic hydroxyl groups is 1.